The van der Waals surface area contributed by atoms with Gasteiger partial charge < -0.3 is 14.7 Å². The van der Waals surface area contributed by atoms with Gasteiger partial charge in [-0.2, -0.15) is 0 Å². The average Bonchev–Trinajstić information content (AvgIpc) is 2.78. The highest BCUT2D eigenvalue weighted by atomic mass is 16.6. The predicted molar refractivity (Wildman–Crippen MR) is 94.9 cm³/mol. The second-order valence-electron chi connectivity index (χ2n) is 9.45. The van der Waals surface area contributed by atoms with Crippen LogP contribution in [0.15, 0.2) is 0 Å². The molecule has 2 saturated heterocycles. The maximum atomic E-state index is 12.5. The van der Waals surface area contributed by atoms with Gasteiger partial charge in [-0.25, -0.2) is 4.79 Å². The smallest absolute Gasteiger partial charge is 0.410 e. The van der Waals surface area contributed by atoms with E-state index in [1.54, 1.807) is 0 Å². The molecule has 0 radical (unpaired) electrons. The summed E-state index contributed by atoms with van der Waals surface area (Å²) in [4.78, 5) is 14.4. The summed E-state index contributed by atoms with van der Waals surface area (Å²) in [5, 5.41) is 11.1. The molecule has 3 rings (SSSR count). The van der Waals surface area contributed by atoms with Gasteiger partial charge in [0.2, 0.25) is 0 Å². The van der Waals surface area contributed by atoms with Gasteiger partial charge in [-0.15, -0.1) is 0 Å². The number of ether oxygens (including phenoxy) is 1. The molecule has 1 saturated carbocycles. The number of fused-ring (bicyclic) bond motifs is 2. The third-order valence-corrected chi connectivity index (χ3v) is 6.20. The molecule has 0 spiro atoms. The summed E-state index contributed by atoms with van der Waals surface area (Å²) in [5.41, 5.74) is -1.02. The van der Waals surface area contributed by atoms with E-state index in [2.05, 4.69) is 0 Å². The fourth-order valence-corrected chi connectivity index (χ4v) is 5.09. The second-order valence-corrected chi connectivity index (χ2v) is 9.45. The number of rotatable bonds is 3. The van der Waals surface area contributed by atoms with Gasteiger partial charge in [0, 0.05) is 12.1 Å². The Morgan fingerprint density at radius 1 is 1.08 bits per heavy atom. The molecule has 24 heavy (non-hydrogen) atoms. The summed E-state index contributed by atoms with van der Waals surface area (Å²) in [5.74, 6) is 0.810. The molecule has 3 fully saturated rings. The van der Waals surface area contributed by atoms with E-state index in [4.69, 9.17) is 4.74 Å². The van der Waals surface area contributed by atoms with Gasteiger partial charge in [-0.05, 0) is 65.2 Å². The number of aliphatic hydroxyl groups is 1. The molecule has 0 aromatic heterocycles. The highest BCUT2D eigenvalue weighted by Crippen LogP contribution is 2.44. The Morgan fingerprint density at radius 3 is 2.21 bits per heavy atom. The van der Waals surface area contributed by atoms with E-state index in [1.807, 2.05) is 25.7 Å². The molecule has 2 atom stereocenters. The van der Waals surface area contributed by atoms with Crippen molar-refractivity contribution in [2.75, 3.05) is 0 Å². The van der Waals surface area contributed by atoms with Gasteiger partial charge in [-0.3, -0.25) is 0 Å². The van der Waals surface area contributed by atoms with Crippen molar-refractivity contribution in [3.63, 3.8) is 0 Å². The van der Waals surface area contributed by atoms with Crippen molar-refractivity contribution >= 4 is 6.09 Å². The first-order chi connectivity index (χ1) is 11.3. The predicted octanol–water partition coefficient (Wildman–Crippen LogP) is 4.64. The monoisotopic (exact) mass is 337 g/mol. The van der Waals surface area contributed by atoms with Crippen LogP contribution in [0.3, 0.4) is 0 Å². The van der Waals surface area contributed by atoms with E-state index >= 15 is 0 Å². The largest absolute Gasteiger partial charge is 0.444 e. The molecule has 2 heterocycles. The van der Waals surface area contributed by atoms with Gasteiger partial charge in [0.1, 0.15) is 5.60 Å². The number of hydrogen-bond acceptors (Lipinski definition) is 3. The standard InChI is InChI=1S/C20H35NO3/c1-19(2,3)24-18(22)21-16-9-10-17(21)14-20(23,13-16)12-11-15-7-5-4-6-8-15/h15-17,23H,4-14H2,1-3H3. The Balaban J connectivity index is 1.56. The van der Waals surface area contributed by atoms with Gasteiger partial charge in [0.05, 0.1) is 5.60 Å². The van der Waals surface area contributed by atoms with Gasteiger partial charge in [0.15, 0.2) is 0 Å². The zero-order valence-electron chi connectivity index (χ0n) is 15.7. The SMILES string of the molecule is CC(C)(C)OC(=O)N1C2CCC1CC(O)(CCC1CCCCC1)C2. The van der Waals surface area contributed by atoms with E-state index in [1.165, 1.54) is 32.1 Å². The van der Waals surface area contributed by atoms with Crippen LogP contribution >= 0.6 is 0 Å². The highest BCUT2D eigenvalue weighted by Gasteiger charge is 2.50. The number of hydrogen-bond donors (Lipinski definition) is 1. The number of piperidine rings is 1. The number of nitrogens with zero attached hydrogens (tertiary/aromatic N) is 1. The van der Waals surface area contributed by atoms with Crippen molar-refractivity contribution in [1.82, 2.24) is 4.90 Å². The molecule has 4 heteroatoms. The normalized spacial score (nSPS) is 34.4. The van der Waals surface area contributed by atoms with Crippen molar-refractivity contribution in [1.29, 1.82) is 0 Å². The summed E-state index contributed by atoms with van der Waals surface area (Å²) >= 11 is 0. The molecule has 1 N–H and O–H groups in total. The molecule has 0 aromatic rings. The second kappa shape index (κ2) is 6.86. The Labute approximate surface area is 146 Å². The fourth-order valence-electron chi connectivity index (χ4n) is 5.09. The number of amides is 1. The molecule has 4 nitrogen and oxygen atoms in total. The van der Waals surface area contributed by atoms with Crippen molar-refractivity contribution in [2.24, 2.45) is 5.92 Å². The molecular formula is C20H35NO3. The van der Waals surface area contributed by atoms with Crippen LogP contribution < -0.4 is 0 Å². The molecule has 3 aliphatic rings. The number of carbonyl (C=O) groups excluding carboxylic acids is 1. The van der Waals surface area contributed by atoms with E-state index in [0.717, 1.165) is 44.4 Å². The molecule has 1 amide bonds. The van der Waals surface area contributed by atoms with Crippen molar-refractivity contribution in [3.05, 3.63) is 0 Å². The summed E-state index contributed by atoms with van der Waals surface area (Å²) in [6, 6.07) is 0.324. The average molecular weight is 338 g/mol. The maximum Gasteiger partial charge on any atom is 0.410 e. The zero-order chi connectivity index (χ0) is 17.4. The lowest BCUT2D eigenvalue weighted by Crippen LogP contribution is -2.54. The topological polar surface area (TPSA) is 49.8 Å². The Bertz CT molecular complexity index is 436. The molecular weight excluding hydrogens is 302 g/mol. The molecule has 2 unspecified atom stereocenters. The molecule has 2 bridgehead atoms. The van der Waals surface area contributed by atoms with Crippen molar-refractivity contribution in [3.8, 4) is 0 Å². The van der Waals surface area contributed by atoms with Crippen LogP contribution in [0.2, 0.25) is 0 Å². The highest BCUT2D eigenvalue weighted by molar-refractivity contribution is 5.69. The van der Waals surface area contributed by atoms with Crippen molar-refractivity contribution in [2.45, 2.75) is 115 Å². The fraction of sp³-hybridized carbons (Fsp3) is 0.950. The van der Waals surface area contributed by atoms with Crippen LogP contribution in [0, 0.1) is 5.92 Å². The Hall–Kier alpha value is -0.770. The minimum atomic E-state index is -0.568. The Morgan fingerprint density at radius 2 is 1.67 bits per heavy atom. The maximum absolute atomic E-state index is 12.5. The lowest BCUT2D eigenvalue weighted by Gasteiger charge is -2.44. The Kier molecular flexibility index (Phi) is 5.15. The van der Waals surface area contributed by atoms with E-state index in [9.17, 15) is 9.90 Å². The van der Waals surface area contributed by atoms with Crippen LogP contribution in [0.5, 0.6) is 0 Å². The lowest BCUT2D eigenvalue weighted by atomic mass is 9.78. The minimum absolute atomic E-state index is 0.162. The van der Waals surface area contributed by atoms with Gasteiger partial charge in [-0.1, -0.05) is 32.1 Å². The van der Waals surface area contributed by atoms with E-state index in [-0.39, 0.29) is 18.2 Å². The van der Waals surface area contributed by atoms with Crippen LogP contribution in [-0.2, 0) is 4.74 Å². The minimum Gasteiger partial charge on any atom is -0.444 e. The van der Waals surface area contributed by atoms with Gasteiger partial charge >= 0.3 is 6.09 Å². The van der Waals surface area contributed by atoms with Gasteiger partial charge in [0.25, 0.3) is 0 Å². The number of carbonyl (C=O) groups is 1. The third-order valence-electron chi connectivity index (χ3n) is 6.20. The molecule has 0 aromatic carbocycles. The molecule has 1 aliphatic carbocycles. The molecule has 2 aliphatic heterocycles. The molecule has 138 valence electrons. The first-order valence-corrected chi connectivity index (χ1v) is 9.99. The summed E-state index contributed by atoms with van der Waals surface area (Å²) in [6.45, 7) is 5.74. The van der Waals surface area contributed by atoms with Crippen LogP contribution in [0.4, 0.5) is 4.79 Å². The first-order valence-electron chi connectivity index (χ1n) is 9.99. The summed E-state index contributed by atoms with van der Waals surface area (Å²) in [7, 11) is 0. The van der Waals surface area contributed by atoms with Crippen LogP contribution in [0.1, 0.15) is 91.4 Å². The summed E-state index contributed by atoms with van der Waals surface area (Å²) < 4.78 is 5.59. The van der Waals surface area contributed by atoms with Crippen LogP contribution in [0.25, 0.3) is 0 Å². The third kappa shape index (κ3) is 4.25. The van der Waals surface area contributed by atoms with Crippen molar-refractivity contribution < 1.29 is 14.6 Å². The van der Waals surface area contributed by atoms with E-state index in [0.29, 0.717) is 0 Å². The van der Waals surface area contributed by atoms with E-state index < -0.39 is 11.2 Å². The summed E-state index contributed by atoms with van der Waals surface area (Å²) in [6.07, 6.45) is 12.1. The van der Waals surface area contributed by atoms with Crippen LogP contribution in [-0.4, -0.2) is 39.4 Å². The zero-order valence-corrected chi connectivity index (χ0v) is 15.7. The first kappa shape index (κ1) is 18.0. The lowest BCUT2D eigenvalue weighted by molar-refractivity contribution is -0.0655. The quantitative estimate of drug-likeness (QED) is 0.816.